The molecule has 1 aliphatic carbocycles. The van der Waals surface area contributed by atoms with Gasteiger partial charge in [0.2, 0.25) is 0 Å². The molecule has 1 aliphatic rings. The maximum atomic E-state index is 11.7. The lowest BCUT2D eigenvalue weighted by molar-refractivity contribution is -0.134. The quantitative estimate of drug-likeness (QED) is 0.244. The van der Waals surface area contributed by atoms with Gasteiger partial charge in [0.1, 0.15) is 0 Å². The van der Waals surface area contributed by atoms with Gasteiger partial charge >= 0.3 is 5.97 Å². The fourth-order valence-electron chi connectivity index (χ4n) is 6.22. The normalized spacial score (nSPS) is 23.4. The molecule has 0 saturated heterocycles. The number of carbonyl (C=O) groups excluding carboxylic acids is 1. The van der Waals surface area contributed by atoms with E-state index in [1.165, 1.54) is 17.5 Å². The number of methoxy groups -OCH3 is 1. The topological polar surface area (TPSA) is 35.5 Å². The molecule has 0 radical (unpaired) electrons. The summed E-state index contributed by atoms with van der Waals surface area (Å²) in [6.07, 6.45) is 5.84. The first kappa shape index (κ1) is 27.4. The Balaban J connectivity index is 1.95. The van der Waals surface area contributed by atoms with E-state index in [0.717, 1.165) is 19.4 Å². The summed E-state index contributed by atoms with van der Waals surface area (Å²) < 4.78 is 12.1. The van der Waals surface area contributed by atoms with Crippen LogP contribution in [0.5, 0.6) is 0 Å². The van der Waals surface area contributed by atoms with Crippen molar-refractivity contribution in [3.05, 3.63) is 72.8 Å². The van der Waals surface area contributed by atoms with Crippen molar-refractivity contribution in [2.45, 2.75) is 66.3 Å². The number of benzene rings is 2. The molecule has 0 N–H and O–H groups in total. The van der Waals surface area contributed by atoms with Crippen molar-refractivity contribution in [3.63, 3.8) is 0 Å². The summed E-state index contributed by atoms with van der Waals surface area (Å²) in [4.78, 5) is 11.7. The summed E-state index contributed by atoms with van der Waals surface area (Å²) >= 11 is 0. The fraction of sp³-hybridized carbons (Fsp3) is 0.516. The van der Waals surface area contributed by atoms with Crippen LogP contribution in [0.2, 0.25) is 5.04 Å². The Hall–Kier alpha value is -2.17. The van der Waals surface area contributed by atoms with Crippen molar-refractivity contribution in [2.75, 3.05) is 13.7 Å². The number of ether oxygens (including phenoxy) is 1. The van der Waals surface area contributed by atoms with Crippen LogP contribution in [0, 0.1) is 22.7 Å². The molecule has 190 valence electrons. The van der Waals surface area contributed by atoms with E-state index in [1.807, 2.05) is 6.08 Å². The largest absolute Gasteiger partial charge is 0.466 e. The zero-order valence-electron chi connectivity index (χ0n) is 22.9. The highest BCUT2D eigenvalue weighted by Gasteiger charge is 2.55. The average molecular weight is 493 g/mol. The van der Waals surface area contributed by atoms with Crippen LogP contribution in [-0.2, 0) is 14.0 Å². The van der Waals surface area contributed by atoms with Crippen LogP contribution in [-0.4, -0.2) is 28.0 Å². The van der Waals surface area contributed by atoms with E-state index in [0.29, 0.717) is 5.92 Å². The molecule has 0 spiro atoms. The van der Waals surface area contributed by atoms with E-state index in [2.05, 4.69) is 109 Å². The lowest BCUT2D eigenvalue weighted by Crippen LogP contribution is -2.67. The molecule has 1 saturated carbocycles. The van der Waals surface area contributed by atoms with Crippen LogP contribution in [0.1, 0.15) is 61.3 Å². The Morgan fingerprint density at radius 2 is 1.54 bits per heavy atom. The van der Waals surface area contributed by atoms with Crippen molar-refractivity contribution in [2.24, 2.45) is 22.7 Å². The third-order valence-electron chi connectivity index (χ3n) is 9.15. The predicted octanol–water partition coefficient (Wildman–Crippen LogP) is 6.37. The molecule has 0 aliphatic heterocycles. The summed E-state index contributed by atoms with van der Waals surface area (Å²) in [5.41, 5.74) is 0.120. The Labute approximate surface area is 214 Å². The lowest BCUT2D eigenvalue weighted by Gasteiger charge is -2.47. The first-order chi connectivity index (χ1) is 16.4. The van der Waals surface area contributed by atoms with Gasteiger partial charge in [-0.1, -0.05) is 115 Å². The maximum absolute atomic E-state index is 11.7. The molecule has 4 heteroatoms. The maximum Gasteiger partial charge on any atom is 0.330 e. The zero-order valence-corrected chi connectivity index (χ0v) is 23.9. The second-order valence-corrected chi connectivity index (χ2v) is 16.3. The van der Waals surface area contributed by atoms with Crippen LogP contribution < -0.4 is 10.4 Å². The molecule has 0 bridgehead atoms. The molecule has 2 aromatic rings. The van der Waals surface area contributed by atoms with Crippen molar-refractivity contribution < 1.29 is 14.0 Å². The fourth-order valence-corrected chi connectivity index (χ4v) is 10.8. The van der Waals surface area contributed by atoms with Gasteiger partial charge < -0.3 is 9.16 Å². The highest BCUT2D eigenvalue weighted by Crippen LogP contribution is 2.60. The van der Waals surface area contributed by atoms with Crippen LogP contribution in [0.25, 0.3) is 0 Å². The minimum absolute atomic E-state index is 0.0295. The molecule has 3 atom stereocenters. The Morgan fingerprint density at radius 3 is 2.00 bits per heavy atom. The number of hydrogen-bond donors (Lipinski definition) is 0. The van der Waals surface area contributed by atoms with Gasteiger partial charge in [-0.3, -0.25) is 0 Å². The standard InChI is InChI=1S/C31H44O3Si/c1-24(19-20-28(32)33-8)31(7)22-21-25(30(31,5)6)23-34-35(29(2,3)4,26-15-11-9-12-16-26)27-17-13-10-14-18-27/h9-20,24-25H,21-23H2,1-8H3/t24-,25-,31+/m0/s1. The van der Waals surface area contributed by atoms with E-state index in [4.69, 9.17) is 9.16 Å². The highest BCUT2D eigenvalue weighted by molar-refractivity contribution is 6.99. The van der Waals surface area contributed by atoms with Gasteiger partial charge in [0.25, 0.3) is 8.32 Å². The van der Waals surface area contributed by atoms with E-state index in [-0.39, 0.29) is 27.8 Å². The molecular weight excluding hydrogens is 448 g/mol. The number of allylic oxidation sites excluding steroid dienone is 1. The minimum atomic E-state index is -2.56. The molecule has 0 heterocycles. The SMILES string of the molecule is COC(=O)C=C[C@H](C)[C@@]1(C)CC[C@@H](CO[Si](c2ccccc2)(c2ccccc2)C(C)(C)C)C1(C)C. The van der Waals surface area contributed by atoms with Crippen LogP contribution >= 0.6 is 0 Å². The van der Waals surface area contributed by atoms with Crippen LogP contribution in [0.15, 0.2) is 72.8 Å². The van der Waals surface area contributed by atoms with E-state index in [9.17, 15) is 4.79 Å². The zero-order chi connectivity index (χ0) is 25.9. The number of esters is 1. The van der Waals surface area contributed by atoms with Gasteiger partial charge in [0.15, 0.2) is 0 Å². The third-order valence-corrected chi connectivity index (χ3v) is 14.2. The molecule has 0 aromatic heterocycles. The summed E-state index contributed by atoms with van der Waals surface area (Å²) in [7, 11) is -1.14. The first-order valence-electron chi connectivity index (χ1n) is 12.9. The molecule has 0 unspecified atom stereocenters. The van der Waals surface area contributed by atoms with Gasteiger partial charge in [-0.25, -0.2) is 4.79 Å². The molecule has 1 fully saturated rings. The number of rotatable bonds is 8. The number of hydrogen-bond acceptors (Lipinski definition) is 3. The molecule has 3 nitrogen and oxygen atoms in total. The third kappa shape index (κ3) is 5.06. The Bertz CT molecular complexity index is 967. The number of carbonyl (C=O) groups is 1. The highest BCUT2D eigenvalue weighted by atomic mass is 28.4. The minimum Gasteiger partial charge on any atom is -0.466 e. The monoisotopic (exact) mass is 492 g/mol. The molecule has 3 rings (SSSR count). The van der Waals surface area contributed by atoms with Crippen LogP contribution in [0.3, 0.4) is 0 Å². The predicted molar refractivity (Wildman–Crippen MR) is 149 cm³/mol. The van der Waals surface area contributed by atoms with Crippen molar-refractivity contribution >= 4 is 24.7 Å². The average Bonchev–Trinajstić information content (AvgIpc) is 3.07. The van der Waals surface area contributed by atoms with Gasteiger partial charge in [-0.15, -0.1) is 0 Å². The van der Waals surface area contributed by atoms with Gasteiger partial charge in [-0.2, -0.15) is 0 Å². The van der Waals surface area contributed by atoms with Gasteiger partial charge in [-0.05, 0) is 50.9 Å². The molecule has 2 aromatic carbocycles. The van der Waals surface area contributed by atoms with Crippen LogP contribution in [0.4, 0.5) is 0 Å². The summed E-state index contributed by atoms with van der Waals surface area (Å²) in [6, 6.07) is 21.8. The second kappa shape index (κ2) is 10.4. The Morgan fingerprint density at radius 1 is 1.03 bits per heavy atom. The van der Waals surface area contributed by atoms with Gasteiger partial charge in [0, 0.05) is 12.7 Å². The Kier molecular flexibility index (Phi) is 8.18. The van der Waals surface area contributed by atoms with Crippen molar-refractivity contribution in [1.29, 1.82) is 0 Å². The summed E-state index contributed by atoms with van der Waals surface area (Å²) in [5.74, 6) is 0.403. The summed E-state index contributed by atoms with van der Waals surface area (Å²) in [6.45, 7) is 17.1. The van der Waals surface area contributed by atoms with E-state index >= 15 is 0 Å². The van der Waals surface area contributed by atoms with Crippen molar-refractivity contribution in [3.8, 4) is 0 Å². The smallest absolute Gasteiger partial charge is 0.330 e. The van der Waals surface area contributed by atoms with Gasteiger partial charge in [0.05, 0.1) is 7.11 Å². The molecule has 35 heavy (non-hydrogen) atoms. The molecular formula is C31H44O3Si. The van der Waals surface area contributed by atoms with E-state index in [1.54, 1.807) is 6.08 Å². The van der Waals surface area contributed by atoms with Crippen molar-refractivity contribution in [1.82, 2.24) is 0 Å². The first-order valence-corrected chi connectivity index (χ1v) is 14.8. The second-order valence-electron chi connectivity index (χ2n) is 12.0. The lowest BCUT2D eigenvalue weighted by atomic mass is 9.60. The molecule has 0 amide bonds. The van der Waals surface area contributed by atoms with E-state index < -0.39 is 8.32 Å². The summed E-state index contributed by atoms with van der Waals surface area (Å²) in [5, 5.41) is 2.62.